The predicted molar refractivity (Wildman–Crippen MR) is 69.1 cm³/mol. The van der Waals surface area contributed by atoms with Gasteiger partial charge in [0.25, 0.3) is 0 Å². The van der Waals surface area contributed by atoms with Crippen molar-refractivity contribution in [1.82, 2.24) is 5.32 Å². The van der Waals surface area contributed by atoms with Gasteiger partial charge < -0.3 is 11.1 Å². The van der Waals surface area contributed by atoms with Gasteiger partial charge in [-0.3, -0.25) is 4.79 Å². The number of nitrogens with one attached hydrogen (secondary N) is 1. The van der Waals surface area contributed by atoms with Crippen molar-refractivity contribution in [3.8, 4) is 0 Å². The molecule has 16 heavy (non-hydrogen) atoms. The molecule has 0 aromatic carbocycles. The third-order valence-corrected chi connectivity index (χ3v) is 3.70. The summed E-state index contributed by atoms with van der Waals surface area (Å²) in [6, 6.07) is 0. The predicted octanol–water partition coefficient (Wildman–Crippen LogP) is 2.30. The van der Waals surface area contributed by atoms with Gasteiger partial charge in [-0.05, 0) is 31.7 Å². The topological polar surface area (TPSA) is 55.1 Å². The molecule has 2 atom stereocenters. The van der Waals surface area contributed by atoms with Crippen molar-refractivity contribution in [2.75, 3.05) is 6.54 Å². The van der Waals surface area contributed by atoms with Crippen LogP contribution in [0.2, 0.25) is 0 Å². The molecule has 3 nitrogen and oxygen atoms in total. The molecule has 0 saturated heterocycles. The highest BCUT2D eigenvalue weighted by Crippen LogP contribution is 2.18. The Morgan fingerprint density at radius 3 is 2.25 bits per heavy atom. The second kappa shape index (κ2) is 6.89. The number of hydrogen-bond donors (Lipinski definition) is 2. The minimum atomic E-state index is -0.582. The molecular formula is C13H28N2O. The fourth-order valence-electron chi connectivity index (χ4n) is 1.79. The molecule has 96 valence electrons. The quantitative estimate of drug-likeness (QED) is 0.670. The second-order valence-corrected chi connectivity index (χ2v) is 5.17. The Bertz CT molecular complexity index is 216. The number of rotatable bonds is 8. The third kappa shape index (κ3) is 4.12. The minimum absolute atomic E-state index is 0.212. The normalized spacial score (nSPS) is 17.1. The third-order valence-electron chi connectivity index (χ3n) is 3.70. The van der Waals surface area contributed by atoms with Crippen LogP contribution in [0.15, 0.2) is 0 Å². The summed E-state index contributed by atoms with van der Waals surface area (Å²) in [6.45, 7) is 11.2. The number of carbonyl (C=O) groups excluding carboxylic acids is 1. The van der Waals surface area contributed by atoms with Crippen LogP contribution in [-0.2, 0) is 4.79 Å². The second-order valence-electron chi connectivity index (χ2n) is 5.17. The average molecular weight is 228 g/mol. The van der Waals surface area contributed by atoms with Gasteiger partial charge in [0.1, 0.15) is 0 Å². The summed E-state index contributed by atoms with van der Waals surface area (Å²) in [4.78, 5) is 11.5. The van der Waals surface area contributed by atoms with Crippen LogP contribution in [-0.4, -0.2) is 18.0 Å². The van der Waals surface area contributed by atoms with Crippen LogP contribution in [0.25, 0.3) is 0 Å². The van der Waals surface area contributed by atoms with E-state index >= 15 is 0 Å². The largest absolute Gasteiger partial charge is 0.368 e. The molecule has 3 heteroatoms. The van der Waals surface area contributed by atoms with Gasteiger partial charge in [0.2, 0.25) is 5.91 Å². The van der Waals surface area contributed by atoms with E-state index in [1.165, 1.54) is 12.8 Å². The van der Waals surface area contributed by atoms with Gasteiger partial charge in [-0.1, -0.05) is 40.5 Å². The fourth-order valence-corrected chi connectivity index (χ4v) is 1.79. The number of primary amides is 1. The Balaban J connectivity index is 4.37. The highest BCUT2D eigenvalue weighted by Gasteiger charge is 2.34. The highest BCUT2D eigenvalue weighted by atomic mass is 16.1. The van der Waals surface area contributed by atoms with Crippen LogP contribution in [0.3, 0.4) is 0 Å². The smallest absolute Gasteiger partial charge is 0.237 e. The number of hydrogen-bond acceptors (Lipinski definition) is 2. The van der Waals surface area contributed by atoms with E-state index in [9.17, 15) is 4.79 Å². The fraction of sp³-hybridized carbons (Fsp3) is 0.923. The first-order chi connectivity index (χ1) is 7.38. The molecule has 0 spiro atoms. The summed E-state index contributed by atoms with van der Waals surface area (Å²) in [6.07, 6.45) is 3.54. The van der Waals surface area contributed by atoms with E-state index in [0.717, 1.165) is 13.0 Å². The molecule has 1 amide bonds. The first-order valence-electron chi connectivity index (χ1n) is 6.43. The van der Waals surface area contributed by atoms with E-state index < -0.39 is 5.54 Å². The van der Waals surface area contributed by atoms with Crippen molar-refractivity contribution in [3.05, 3.63) is 0 Å². The van der Waals surface area contributed by atoms with Crippen LogP contribution in [0.1, 0.15) is 53.9 Å². The van der Waals surface area contributed by atoms with Gasteiger partial charge >= 0.3 is 0 Å². The Morgan fingerprint density at radius 1 is 1.38 bits per heavy atom. The molecule has 0 saturated carbocycles. The molecule has 2 unspecified atom stereocenters. The van der Waals surface area contributed by atoms with Crippen molar-refractivity contribution in [1.29, 1.82) is 0 Å². The molecular weight excluding hydrogens is 200 g/mol. The van der Waals surface area contributed by atoms with Crippen LogP contribution >= 0.6 is 0 Å². The van der Waals surface area contributed by atoms with E-state index in [4.69, 9.17) is 5.73 Å². The molecule has 0 radical (unpaired) electrons. The van der Waals surface area contributed by atoms with Crippen molar-refractivity contribution < 1.29 is 4.79 Å². The van der Waals surface area contributed by atoms with Gasteiger partial charge in [0.05, 0.1) is 5.54 Å². The van der Waals surface area contributed by atoms with Gasteiger partial charge in [-0.25, -0.2) is 0 Å². The maximum atomic E-state index is 11.5. The zero-order valence-corrected chi connectivity index (χ0v) is 11.5. The molecule has 0 fully saturated rings. The SMILES string of the molecule is CCCC(CC)CNC(C)(C(N)=O)C(C)C. The monoisotopic (exact) mass is 228 g/mol. The summed E-state index contributed by atoms with van der Waals surface area (Å²) in [5.74, 6) is 0.598. The lowest BCUT2D eigenvalue weighted by atomic mass is 9.86. The van der Waals surface area contributed by atoms with Crippen LogP contribution in [0.5, 0.6) is 0 Å². The summed E-state index contributed by atoms with van der Waals surface area (Å²) < 4.78 is 0. The molecule has 0 rings (SSSR count). The lowest BCUT2D eigenvalue weighted by molar-refractivity contribution is -0.125. The van der Waals surface area contributed by atoms with Gasteiger partial charge in [0, 0.05) is 0 Å². The maximum Gasteiger partial charge on any atom is 0.237 e. The van der Waals surface area contributed by atoms with Crippen LogP contribution < -0.4 is 11.1 Å². The van der Waals surface area contributed by atoms with Crippen molar-refractivity contribution in [2.45, 2.75) is 59.4 Å². The first kappa shape index (κ1) is 15.4. The zero-order chi connectivity index (χ0) is 12.8. The van der Waals surface area contributed by atoms with E-state index in [-0.39, 0.29) is 11.8 Å². The average Bonchev–Trinajstić information content (AvgIpc) is 2.22. The molecule has 0 heterocycles. The first-order valence-corrected chi connectivity index (χ1v) is 6.43. The molecule has 0 aromatic rings. The lowest BCUT2D eigenvalue weighted by Gasteiger charge is -2.33. The Labute approximate surface area is 100 Å². The number of amides is 1. The standard InChI is InChI=1S/C13H28N2O/c1-6-8-11(7-2)9-15-13(5,10(3)4)12(14)16/h10-11,15H,6-9H2,1-5H3,(H2,14,16). The minimum Gasteiger partial charge on any atom is -0.368 e. The number of nitrogens with two attached hydrogens (primary N) is 1. The van der Waals surface area contributed by atoms with E-state index in [2.05, 4.69) is 19.2 Å². The van der Waals surface area contributed by atoms with Crippen molar-refractivity contribution in [2.24, 2.45) is 17.6 Å². The zero-order valence-electron chi connectivity index (χ0n) is 11.5. The summed E-state index contributed by atoms with van der Waals surface area (Å²) in [5, 5.41) is 3.36. The molecule has 0 aliphatic heterocycles. The van der Waals surface area contributed by atoms with E-state index in [1.54, 1.807) is 0 Å². The van der Waals surface area contributed by atoms with Crippen LogP contribution in [0, 0.1) is 11.8 Å². The van der Waals surface area contributed by atoms with Gasteiger partial charge in [0.15, 0.2) is 0 Å². The Hall–Kier alpha value is -0.570. The lowest BCUT2D eigenvalue weighted by Crippen LogP contribution is -2.57. The van der Waals surface area contributed by atoms with Crippen molar-refractivity contribution in [3.63, 3.8) is 0 Å². The Morgan fingerprint density at radius 2 is 1.94 bits per heavy atom. The molecule has 3 N–H and O–H groups in total. The molecule has 0 bridgehead atoms. The molecule has 0 aliphatic carbocycles. The molecule has 0 aromatic heterocycles. The van der Waals surface area contributed by atoms with E-state index in [1.807, 2.05) is 20.8 Å². The van der Waals surface area contributed by atoms with Crippen LogP contribution in [0.4, 0.5) is 0 Å². The maximum absolute atomic E-state index is 11.5. The Kier molecular flexibility index (Phi) is 6.65. The number of carbonyl (C=O) groups is 1. The van der Waals surface area contributed by atoms with E-state index in [0.29, 0.717) is 5.92 Å². The summed E-state index contributed by atoms with van der Waals surface area (Å²) in [5.41, 5.74) is 4.89. The summed E-state index contributed by atoms with van der Waals surface area (Å²) >= 11 is 0. The van der Waals surface area contributed by atoms with Gasteiger partial charge in [-0.15, -0.1) is 0 Å². The highest BCUT2D eigenvalue weighted by molar-refractivity contribution is 5.84. The van der Waals surface area contributed by atoms with Gasteiger partial charge in [-0.2, -0.15) is 0 Å². The van der Waals surface area contributed by atoms with Crippen molar-refractivity contribution >= 4 is 5.91 Å². The summed E-state index contributed by atoms with van der Waals surface area (Å²) in [7, 11) is 0. The molecule has 0 aliphatic rings.